The molecule has 0 radical (unpaired) electrons. The van der Waals surface area contributed by atoms with Crippen LogP contribution in [0.15, 0.2) is 58.0 Å². The maximum Gasteiger partial charge on any atom is 0.251 e. The van der Waals surface area contributed by atoms with Gasteiger partial charge in [-0.2, -0.15) is 0 Å². The second kappa shape index (κ2) is 11.2. The normalized spacial score (nSPS) is 10.7. The van der Waals surface area contributed by atoms with Gasteiger partial charge in [-0.1, -0.05) is 40.2 Å². The van der Waals surface area contributed by atoms with Gasteiger partial charge in [-0.25, -0.2) is 0 Å². The highest BCUT2D eigenvalue weighted by Gasteiger charge is 2.08. The van der Waals surface area contributed by atoms with Gasteiger partial charge in [0.15, 0.2) is 5.96 Å². The van der Waals surface area contributed by atoms with Crippen molar-refractivity contribution in [1.82, 2.24) is 15.5 Å². The lowest BCUT2D eigenvalue weighted by atomic mass is 10.1. The van der Waals surface area contributed by atoms with Crippen LogP contribution in [0.3, 0.4) is 0 Å². The van der Waals surface area contributed by atoms with Gasteiger partial charge < -0.3 is 15.5 Å². The zero-order chi connectivity index (χ0) is 18.2. The Hall–Kier alpha value is -1.61. The fraction of sp³-hybridized carbons (Fsp3) is 0.263. The first-order valence-corrected chi connectivity index (χ1v) is 8.80. The molecule has 26 heavy (non-hydrogen) atoms. The van der Waals surface area contributed by atoms with Gasteiger partial charge in [0.1, 0.15) is 0 Å². The average Bonchev–Trinajstić information content (AvgIpc) is 2.63. The van der Waals surface area contributed by atoms with E-state index in [0.717, 1.165) is 22.5 Å². The third-order valence-corrected chi connectivity index (χ3v) is 4.30. The summed E-state index contributed by atoms with van der Waals surface area (Å²) >= 11 is 3.45. The van der Waals surface area contributed by atoms with E-state index in [4.69, 9.17) is 0 Å². The van der Waals surface area contributed by atoms with Crippen LogP contribution in [0.5, 0.6) is 0 Å². The minimum absolute atomic E-state index is 0. The minimum atomic E-state index is -0.0846. The summed E-state index contributed by atoms with van der Waals surface area (Å²) in [5, 5.41) is 5.98. The molecular weight excluding hydrogens is 507 g/mol. The SMILES string of the molecule is CN=C(NCc1cccc(C(=O)NC)c1)N(C)Cc1ccc(Br)cc1.I. The van der Waals surface area contributed by atoms with Crippen molar-refractivity contribution >= 4 is 51.8 Å². The monoisotopic (exact) mass is 530 g/mol. The molecule has 0 aliphatic heterocycles. The van der Waals surface area contributed by atoms with E-state index in [1.807, 2.05) is 37.4 Å². The molecule has 0 aliphatic carbocycles. The highest BCUT2D eigenvalue weighted by Crippen LogP contribution is 2.12. The summed E-state index contributed by atoms with van der Waals surface area (Å²) in [5.74, 6) is 0.715. The van der Waals surface area contributed by atoms with Crippen molar-refractivity contribution in [3.05, 3.63) is 69.7 Å². The molecule has 2 rings (SSSR count). The first-order valence-electron chi connectivity index (χ1n) is 8.00. The molecule has 0 heterocycles. The molecule has 0 saturated carbocycles. The van der Waals surface area contributed by atoms with Gasteiger partial charge in [0.05, 0.1) is 0 Å². The molecule has 0 fully saturated rings. The lowest BCUT2D eigenvalue weighted by Crippen LogP contribution is -2.38. The Kier molecular flexibility index (Phi) is 9.64. The van der Waals surface area contributed by atoms with E-state index in [2.05, 4.69) is 48.6 Å². The molecule has 2 aromatic rings. The third-order valence-electron chi connectivity index (χ3n) is 3.77. The predicted molar refractivity (Wildman–Crippen MR) is 121 cm³/mol. The molecular formula is C19H24BrIN4O. The number of nitrogens with zero attached hydrogens (tertiary/aromatic N) is 2. The summed E-state index contributed by atoms with van der Waals surface area (Å²) in [6, 6.07) is 15.8. The number of benzene rings is 2. The first kappa shape index (κ1) is 22.4. The van der Waals surface area contributed by atoms with E-state index in [1.54, 1.807) is 20.2 Å². The summed E-state index contributed by atoms with van der Waals surface area (Å²) in [4.78, 5) is 18.1. The second-order valence-electron chi connectivity index (χ2n) is 5.66. The number of nitrogens with one attached hydrogen (secondary N) is 2. The molecule has 0 aliphatic rings. The van der Waals surface area contributed by atoms with E-state index < -0.39 is 0 Å². The Bertz CT molecular complexity index is 749. The molecule has 0 bridgehead atoms. The zero-order valence-electron chi connectivity index (χ0n) is 15.1. The molecule has 5 nitrogen and oxygen atoms in total. The van der Waals surface area contributed by atoms with E-state index in [1.165, 1.54) is 5.56 Å². The Morgan fingerprint density at radius 3 is 2.46 bits per heavy atom. The van der Waals surface area contributed by atoms with Crippen molar-refractivity contribution in [2.75, 3.05) is 21.1 Å². The number of carbonyl (C=O) groups excluding carboxylic acids is 1. The van der Waals surface area contributed by atoms with Crippen LogP contribution < -0.4 is 10.6 Å². The first-order chi connectivity index (χ1) is 12.0. The second-order valence-corrected chi connectivity index (χ2v) is 6.58. The molecule has 140 valence electrons. The molecule has 0 unspecified atom stereocenters. The number of carbonyl (C=O) groups is 1. The van der Waals surface area contributed by atoms with Crippen LogP contribution in [0.1, 0.15) is 21.5 Å². The van der Waals surface area contributed by atoms with Crippen molar-refractivity contribution in [3.63, 3.8) is 0 Å². The summed E-state index contributed by atoms with van der Waals surface area (Å²) in [6.45, 7) is 1.35. The number of amides is 1. The number of hydrogen-bond donors (Lipinski definition) is 2. The van der Waals surface area contributed by atoms with Gasteiger partial charge in [0.2, 0.25) is 0 Å². The average molecular weight is 531 g/mol. The quantitative estimate of drug-likeness (QED) is 0.352. The summed E-state index contributed by atoms with van der Waals surface area (Å²) in [5.41, 5.74) is 2.88. The topological polar surface area (TPSA) is 56.7 Å². The highest BCUT2D eigenvalue weighted by atomic mass is 127. The number of hydrogen-bond acceptors (Lipinski definition) is 2. The standard InChI is InChI=1S/C19H23BrN4O.HI/c1-21-18(25)16-6-4-5-15(11-16)12-23-19(22-2)24(3)13-14-7-9-17(20)10-8-14;/h4-11H,12-13H2,1-3H3,(H,21,25)(H,22,23);1H. The lowest BCUT2D eigenvalue weighted by Gasteiger charge is -2.22. The molecule has 2 N–H and O–H groups in total. The van der Waals surface area contributed by atoms with Gasteiger partial charge in [-0.15, -0.1) is 24.0 Å². The number of halogens is 2. The van der Waals surface area contributed by atoms with E-state index >= 15 is 0 Å². The van der Waals surface area contributed by atoms with Gasteiger partial charge in [0, 0.05) is 44.3 Å². The van der Waals surface area contributed by atoms with E-state index in [-0.39, 0.29) is 29.9 Å². The van der Waals surface area contributed by atoms with Crippen LogP contribution in [0.4, 0.5) is 0 Å². The maximum absolute atomic E-state index is 11.7. The third kappa shape index (κ3) is 6.60. The largest absolute Gasteiger partial charge is 0.355 e. The molecule has 2 aromatic carbocycles. The van der Waals surface area contributed by atoms with Crippen LogP contribution in [-0.2, 0) is 13.1 Å². The Morgan fingerprint density at radius 1 is 1.15 bits per heavy atom. The van der Waals surface area contributed by atoms with Crippen LogP contribution in [0.2, 0.25) is 0 Å². The fourth-order valence-corrected chi connectivity index (χ4v) is 2.74. The molecule has 0 atom stereocenters. The minimum Gasteiger partial charge on any atom is -0.355 e. The van der Waals surface area contributed by atoms with E-state index in [0.29, 0.717) is 12.1 Å². The smallest absolute Gasteiger partial charge is 0.251 e. The maximum atomic E-state index is 11.7. The Morgan fingerprint density at radius 2 is 1.85 bits per heavy atom. The lowest BCUT2D eigenvalue weighted by molar-refractivity contribution is 0.0963. The van der Waals surface area contributed by atoms with Crippen LogP contribution in [0, 0.1) is 0 Å². The Balaban J connectivity index is 0.00000338. The zero-order valence-corrected chi connectivity index (χ0v) is 19.0. The van der Waals surface area contributed by atoms with Crippen LogP contribution in [-0.4, -0.2) is 37.9 Å². The van der Waals surface area contributed by atoms with Crippen molar-refractivity contribution in [2.24, 2.45) is 4.99 Å². The molecule has 1 amide bonds. The van der Waals surface area contributed by atoms with Gasteiger partial charge in [0.25, 0.3) is 5.91 Å². The fourth-order valence-electron chi connectivity index (χ4n) is 2.47. The summed E-state index contributed by atoms with van der Waals surface area (Å²) < 4.78 is 1.07. The van der Waals surface area contributed by atoms with Crippen LogP contribution in [0.25, 0.3) is 0 Å². The van der Waals surface area contributed by atoms with Gasteiger partial charge in [-0.3, -0.25) is 9.79 Å². The van der Waals surface area contributed by atoms with E-state index in [9.17, 15) is 4.79 Å². The highest BCUT2D eigenvalue weighted by molar-refractivity contribution is 14.0. The van der Waals surface area contributed by atoms with Crippen LogP contribution >= 0.6 is 39.9 Å². The Labute approximate surface area is 180 Å². The van der Waals surface area contributed by atoms with Crippen molar-refractivity contribution in [2.45, 2.75) is 13.1 Å². The van der Waals surface area contributed by atoms with Gasteiger partial charge in [-0.05, 0) is 35.4 Å². The number of aliphatic imine (C=N–C) groups is 1. The predicted octanol–water partition coefficient (Wildman–Crippen LogP) is 3.63. The molecule has 0 spiro atoms. The molecule has 0 saturated heterocycles. The van der Waals surface area contributed by atoms with Crippen molar-refractivity contribution in [1.29, 1.82) is 0 Å². The van der Waals surface area contributed by atoms with Crippen molar-refractivity contribution in [3.8, 4) is 0 Å². The van der Waals surface area contributed by atoms with Gasteiger partial charge >= 0.3 is 0 Å². The number of guanidine groups is 1. The summed E-state index contributed by atoms with van der Waals surface area (Å²) in [6.07, 6.45) is 0. The molecule has 0 aromatic heterocycles. The molecule has 7 heteroatoms. The van der Waals surface area contributed by atoms with Crippen molar-refractivity contribution < 1.29 is 4.79 Å². The summed E-state index contributed by atoms with van der Waals surface area (Å²) in [7, 11) is 5.39. The number of rotatable bonds is 5.